The molecule has 0 fully saturated rings. The Morgan fingerprint density at radius 2 is 1.57 bits per heavy atom. The predicted molar refractivity (Wildman–Crippen MR) is 81.2 cm³/mol. The molecule has 0 aliphatic rings. The van der Waals surface area contributed by atoms with E-state index in [4.69, 9.17) is 9.84 Å². The topological polar surface area (TPSA) is 49.8 Å². The minimum absolute atomic E-state index is 0.0120. The first kappa shape index (κ1) is 15.1. The molecule has 0 radical (unpaired) electrons. The first-order valence-corrected chi connectivity index (χ1v) is 6.73. The van der Waals surface area contributed by atoms with E-state index >= 15 is 0 Å². The van der Waals surface area contributed by atoms with Crippen molar-refractivity contribution in [2.24, 2.45) is 0 Å². The molecule has 0 aliphatic carbocycles. The van der Waals surface area contributed by atoms with Gasteiger partial charge in [0.15, 0.2) is 0 Å². The summed E-state index contributed by atoms with van der Waals surface area (Å²) in [6.45, 7) is 0.469. The molecule has 4 heteroatoms. The number of aliphatic hydroxyl groups is 1. The molecule has 2 rings (SSSR count). The van der Waals surface area contributed by atoms with Gasteiger partial charge in [-0.2, -0.15) is 0 Å². The number of hydrogen-bond acceptors (Lipinski definition) is 3. The van der Waals surface area contributed by atoms with Gasteiger partial charge in [0.25, 0.3) is 5.91 Å². The lowest BCUT2D eigenvalue weighted by Gasteiger charge is -2.11. The van der Waals surface area contributed by atoms with E-state index in [1.54, 1.807) is 31.1 Å². The zero-order valence-corrected chi connectivity index (χ0v) is 12.2. The van der Waals surface area contributed by atoms with Crippen LogP contribution in [0.2, 0.25) is 0 Å². The molecule has 0 atom stereocenters. The summed E-state index contributed by atoms with van der Waals surface area (Å²) in [5.74, 6) is 0.739. The van der Waals surface area contributed by atoms with Gasteiger partial charge in [0.05, 0.1) is 6.61 Å². The molecule has 0 aromatic heterocycles. The number of aliphatic hydroxyl groups excluding tert-OH is 1. The Bertz CT molecular complexity index is 588. The van der Waals surface area contributed by atoms with Crippen molar-refractivity contribution < 1.29 is 14.6 Å². The van der Waals surface area contributed by atoms with Crippen molar-refractivity contribution in [1.82, 2.24) is 4.90 Å². The van der Waals surface area contributed by atoms with Crippen molar-refractivity contribution in [1.29, 1.82) is 0 Å². The Kier molecular flexibility index (Phi) is 4.95. The van der Waals surface area contributed by atoms with Crippen LogP contribution >= 0.6 is 0 Å². The molecule has 0 unspecified atom stereocenters. The monoisotopic (exact) mass is 285 g/mol. The van der Waals surface area contributed by atoms with Gasteiger partial charge in [-0.15, -0.1) is 0 Å². The van der Waals surface area contributed by atoms with Crippen LogP contribution in [0.3, 0.4) is 0 Å². The maximum Gasteiger partial charge on any atom is 0.253 e. The van der Waals surface area contributed by atoms with Crippen molar-refractivity contribution in [3.63, 3.8) is 0 Å². The molecule has 0 bridgehead atoms. The van der Waals surface area contributed by atoms with E-state index in [0.29, 0.717) is 12.2 Å². The number of amides is 1. The van der Waals surface area contributed by atoms with Crippen LogP contribution in [0.4, 0.5) is 0 Å². The van der Waals surface area contributed by atoms with Crippen molar-refractivity contribution in [3.05, 3.63) is 65.2 Å². The molecule has 0 saturated heterocycles. The highest BCUT2D eigenvalue weighted by atomic mass is 16.5. The third-order valence-corrected chi connectivity index (χ3v) is 3.12. The first-order chi connectivity index (χ1) is 10.1. The number of hydrogen-bond donors (Lipinski definition) is 1. The van der Waals surface area contributed by atoms with Gasteiger partial charge in [-0.25, -0.2) is 0 Å². The molecule has 0 spiro atoms. The Balaban J connectivity index is 1.95. The van der Waals surface area contributed by atoms with E-state index in [2.05, 4.69) is 0 Å². The average molecular weight is 285 g/mol. The van der Waals surface area contributed by atoms with Gasteiger partial charge in [0, 0.05) is 19.7 Å². The van der Waals surface area contributed by atoms with E-state index in [0.717, 1.165) is 16.9 Å². The van der Waals surface area contributed by atoms with Gasteiger partial charge in [0.2, 0.25) is 0 Å². The van der Waals surface area contributed by atoms with Crippen LogP contribution in [0.15, 0.2) is 48.5 Å². The normalized spacial score (nSPS) is 10.2. The fourth-order valence-corrected chi connectivity index (χ4v) is 1.86. The highest BCUT2D eigenvalue weighted by Gasteiger charge is 2.07. The standard InChI is InChI=1S/C17H19NO3/c1-18(2)17(20)15-7-3-14(4-8-15)12-21-16-9-5-13(11-19)6-10-16/h3-10,19H,11-12H2,1-2H3. The molecule has 0 heterocycles. The van der Waals surface area contributed by atoms with Crippen LogP contribution in [-0.4, -0.2) is 30.0 Å². The third-order valence-electron chi connectivity index (χ3n) is 3.12. The van der Waals surface area contributed by atoms with Crippen LogP contribution in [0.25, 0.3) is 0 Å². The summed E-state index contributed by atoms with van der Waals surface area (Å²) in [6.07, 6.45) is 0. The molecule has 0 saturated carbocycles. The van der Waals surface area contributed by atoms with Crippen molar-refractivity contribution in [3.8, 4) is 5.75 Å². The number of carbonyl (C=O) groups excluding carboxylic acids is 1. The fraction of sp³-hybridized carbons (Fsp3) is 0.235. The summed E-state index contributed by atoms with van der Waals surface area (Å²) >= 11 is 0. The molecule has 21 heavy (non-hydrogen) atoms. The largest absolute Gasteiger partial charge is 0.489 e. The van der Waals surface area contributed by atoms with Crippen LogP contribution in [0.5, 0.6) is 5.75 Å². The second kappa shape index (κ2) is 6.90. The maximum atomic E-state index is 11.8. The van der Waals surface area contributed by atoms with E-state index in [-0.39, 0.29) is 12.5 Å². The van der Waals surface area contributed by atoms with Crippen LogP contribution in [-0.2, 0) is 13.2 Å². The molecule has 4 nitrogen and oxygen atoms in total. The molecule has 0 aliphatic heterocycles. The Morgan fingerprint density at radius 3 is 2.10 bits per heavy atom. The van der Waals surface area contributed by atoms with Crippen LogP contribution in [0, 0.1) is 0 Å². The first-order valence-electron chi connectivity index (χ1n) is 6.73. The maximum absolute atomic E-state index is 11.8. The molecule has 1 amide bonds. The number of benzene rings is 2. The second-order valence-electron chi connectivity index (χ2n) is 4.99. The van der Waals surface area contributed by atoms with Gasteiger partial charge in [0.1, 0.15) is 12.4 Å². The van der Waals surface area contributed by atoms with E-state index in [1.807, 2.05) is 36.4 Å². The number of carbonyl (C=O) groups is 1. The van der Waals surface area contributed by atoms with E-state index < -0.39 is 0 Å². The minimum atomic E-state index is -0.0120. The van der Waals surface area contributed by atoms with Gasteiger partial charge in [-0.05, 0) is 35.4 Å². The lowest BCUT2D eigenvalue weighted by Crippen LogP contribution is -2.21. The highest BCUT2D eigenvalue weighted by molar-refractivity contribution is 5.93. The molecule has 1 N–H and O–H groups in total. The quantitative estimate of drug-likeness (QED) is 0.918. The molecule has 2 aromatic carbocycles. The summed E-state index contributed by atoms with van der Waals surface area (Å²) in [7, 11) is 3.46. The second-order valence-corrected chi connectivity index (χ2v) is 4.99. The summed E-state index contributed by atoms with van der Waals surface area (Å²) in [5, 5.41) is 8.97. The zero-order valence-electron chi connectivity index (χ0n) is 12.2. The molecule has 110 valence electrons. The van der Waals surface area contributed by atoms with Crippen molar-refractivity contribution >= 4 is 5.91 Å². The third kappa shape index (κ3) is 4.07. The summed E-state index contributed by atoms with van der Waals surface area (Å²) in [4.78, 5) is 13.3. The lowest BCUT2D eigenvalue weighted by atomic mass is 10.1. The van der Waals surface area contributed by atoms with E-state index in [9.17, 15) is 4.79 Å². The van der Waals surface area contributed by atoms with Gasteiger partial charge in [-0.1, -0.05) is 24.3 Å². The van der Waals surface area contributed by atoms with Gasteiger partial charge >= 0.3 is 0 Å². The predicted octanol–water partition coefficient (Wildman–Crippen LogP) is 2.46. The van der Waals surface area contributed by atoms with Crippen molar-refractivity contribution in [2.45, 2.75) is 13.2 Å². The molecule has 2 aromatic rings. The molecular formula is C17H19NO3. The van der Waals surface area contributed by atoms with Crippen LogP contribution in [0.1, 0.15) is 21.5 Å². The fourth-order valence-electron chi connectivity index (χ4n) is 1.86. The Morgan fingerprint density at radius 1 is 1.00 bits per heavy atom. The van der Waals surface area contributed by atoms with E-state index in [1.165, 1.54) is 0 Å². The summed E-state index contributed by atoms with van der Waals surface area (Å²) in [6, 6.07) is 14.7. The van der Waals surface area contributed by atoms with Gasteiger partial charge in [-0.3, -0.25) is 4.79 Å². The number of ether oxygens (including phenoxy) is 1. The lowest BCUT2D eigenvalue weighted by molar-refractivity contribution is 0.0827. The smallest absolute Gasteiger partial charge is 0.253 e. The van der Waals surface area contributed by atoms with Gasteiger partial charge < -0.3 is 14.7 Å². The Hall–Kier alpha value is -2.33. The zero-order chi connectivity index (χ0) is 15.2. The Labute approximate surface area is 124 Å². The summed E-state index contributed by atoms with van der Waals surface area (Å²) < 4.78 is 5.66. The van der Waals surface area contributed by atoms with Crippen molar-refractivity contribution in [2.75, 3.05) is 14.1 Å². The summed E-state index contributed by atoms with van der Waals surface area (Å²) in [5.41, 5.74) is 2.52. The highest BCUT2D eigenvalue weighted by Crippen LogP contribution is 2.15. The minimum Gasteiger partial charge on any atom is -0.489 e. The number of nitrogens with zero attached hydrogens (tertiary/aromatic N) is 1. The molecular weight excluding hydrogens is 266 g/mol. The SMILES string of the molecule is CN(C)C(=O)c1ccc(COc2ccc(CO)cc2)cc1. The average Bonchev–Trinajstić information content (AvgIpc) is 2.53. The van der Waals surface area contributed by atoms with Crippen LogP contribution < -0.4 is 4.74 Å². The number of rotatable bonds is 5.